The number of fused-ring (bicyclic) bond motifs is 1. The number of halogens is 2. The topological polar surface area (TPSA) is 57.0 Å². The van der Waals surface area contributed by atoms with Crippen molar-refractivity contribution in [2.24, 2.45) is 0 Å². The molecule has 3 aromatic carbocycles. The minimum Gasteiger partial charge on any atom is -0.485 e. The summed E-state index contributed by atoms with van der Waals surface area (Å²) < 4.78 is 7.95. The van der Waals surface area contributed by atoms with Crippen molar-refractivity contribution in [2.45, 2.75) is 18.3 Å². The highest BCUT2D eigenvalue weighted by Crippen LogP contribution is 2.27. The number of allylic oxidation sites excluding steroid dienone is 1. The van der Waals surface area contributed by atoms with Gasteiger partial charge in [-0.15, -0.1) is 16.8 Å². The van der Waals surface area contributed by atoms with E-state index in [0.717, 1.165) is 16.5 Å². The number of nitrogens with zero attached hydrogens (tertiary/aromatic N) is 3. The van der Waals surface area contributed by atoms with Gasteiger partial charge in [-0.3, -0.25) is 9.36 Å². The summed E-state index contributed by atoms with van der Waals surface area (Å²) in [7, 11) is 0. The molecule has 162 valence electrons. The first-order valence-corrected chi connectivity index (χ1v) is 11.6. The first-order chi connectivity index (χ1) is 15.6. The van der Waals surface area contributed by atoms with Crippen LogP contribution >= 0.6 is 35.0 Å². The summed E-state index contributed by atoms with van der Waals surface area (Å²) in [4.78, 5) is 12.6. The number of hydrogen-bond acceptors (Lipinski definition) is 5. The van der Waals surface area contributed by atoms with Crippen LogP contribution in [0.1, 0.15) is 16.2 Å². The van der Waals surface area contributed by atoms with Crippen molar-refractivity contribution in [1.82, 2.24) is 14.8 Å². The summed E-state index contributed by atoms with van der Waals surface area (Å²) in [6.45, 7) is 4.56. The van der Waals surface area contributed by atoms with Gasteiger partial charge in [-0.25, -0.2) is 0 Å². The molecule has 0 atom stereocenters. The van der Waals surface area contributed by atoms with Crippen molar-refractivity contribution >= 4 is 51.5 Å². The lowest BCUT2D eigenvalue weighted by Crippen LogP contribution is -2.09. The van der Waals surface area contributed by atoms with Crippen molar-refractivity contribution in [2.75, 3.05) is 5.75 Å². The quantitative estimate of drug-likeness (QED) is 0.155. The Kier molecular flexibility index (Phi) is 7.15. The smallest absolute Gasteiger partial charge is 0.192 e. The van der Waals surface area contributed by atoms with Crippen molar-refractivity contribution in [3.8, 4) is 5.75 Å². The van der Waals surface area contributed by atoms with Gasteiger partial charge in [0.05, 0.1) is 10.8 Å². The highest BCUT2D eigenvalue weighted by atomic mass is 35.5. The highest BCUT2D eigenvalue weighted by Gasteiger charge is 2.17. The molecule has 0 unspecified atom stereocenters. The number of benzene rings is 3. The second-order valence-electron chi connectivity index (χ2n) is 6.90. The largest absolute Gasteiger partial charge is 0.485 e. The summed E-state index contributed by atoms with van der Waals surface area (Å²) in [5.74, 6) is 1.48. The van der Waals surface area contributed by atoms with Crippen molar-refractivity contribution in [3.63, 3.8) is 0 Å². The van der Waals surface area contributed by atoms with Crippen LogP contribution in [0, 0.1) is 0 Å². The van der Waals surface area contributed by atoms with Gasteiger partial charge in [0, 0.05) is 22.5 Å². The molecule has 1 heterocycles. The van der Waals surface area contributed by atoms with Gasteiger partial charge < -0.3 is 4.74 Å². The Hall–Kier alpha value is -2.80. The van der Waals surface area contributed by atoms with Crippen molar-refractivity contribution < 1.29 is 9.53 Å². The monoisotopic (exact) mass is 483 g/mol. The zero-order chi connectivity index (χ0) is 22.5. The molecule has 0 saturated carbocycles. The second kappa shape index (κ2) is 10.2. The van der Waals surface area contributed by atoms with Crippen LogP contribution < -0.4 is 4.74 Å². The lowest BCUT2D eigenvalue weighted by molar-refractivity contribution is 0.102. The van der Waals surface area contributed by atoms with Gasteiger partial charge in [-0.05, 0) is 29.7 Å². The lowest BCUT2D eigenvalue weighted by Gasteiger charge is -2.11. The van der Waals surface area contributed by atoms with Gasteiger partial charge in [0.15, 0.2) is 16.8 Å². The average molecular weight is 484 g/mol. The predicted molar refractivity (Wildman–Crippen MR) is 130 cm³/mol. The van der Waals surface area contributed by atoms with Gasteiger partial charge in [0.1, 0.15) is 12.4 Å². The Morgan fingerprint density at radius 3 is 2.72 bits per heavy atom. The molecule has 0 aliphatic carbocycles. The molecule has 1 aromatic heterocycles. The van der Waals surface area contributed by atoms with E-state index >= 15 is 0 Å². The molecule has 8 heteroatoms. The number of Topliss-reactive ketones (excluding diaryl/α,β-unsaturated/α-hetero) is 1. The summed E-state index contributed by atoms with van der Waals surface area (Å²) in [6.07, 6.45) is 1.76. The zero-order valence-corrected chi connectivity index (χ0v) is 19.3. The molecule has 4 aromatic rings. The van der Waals surface area contributed by atoms with Crippen LogP contribution in [0.15, 0.2) is 78.5 Å². The van der Waals surface area contributed by atoms with Crippen LogP contribution in [0.2, 0.25) is 10.0 Å². The molecule has 0 aliphatic heterocycles. The summed E-state index contributed by atoms with van der Waals surface area (Å²) in [5.41, 5.74) is 0.429. The predicted octanol–water partition coefficient (Wildman–Crippen LogP) is 6.48. The Labute approximate surface area is 200 Å². The number of ether oxygens (including phenoxy) is 1. The van der Waals surface area contributed by atoms with E-state index in [2.05, 4.69) is 16.8 Å². The SMILES string of the molecule is C=CCn1c(COc2cccc3ccccc23)nnc1SCC(=O)c1ccc(Cl)cc1Cl. The molecule has 0 spiro atoms. The molecular weight excluding hydrogens is 465 g/mol. The maximum Gasteiger partial charge on any atom is 0.192 e. The van der Waals surface area contributed by atoms with Gasteiger partial charge in [-0.1, -0.05) is 77.4 Å². The fraction of sp³-hybridized carbons (Fsp3) is 0.125. The van der Waals surface area contributed by atoms with Gasteiger partial charge >= 0.3 is 0 Å². The van der Waals surface area contributed by atoms with Crippen molar-refractivity contribution in [3.05, 3.63) is 94.8 Å². The van der Waals surface area contributed by atoms with Crippen LogP contribution in [0.5, 0.6) is 5.75 Å². The molecule has 4 rings (SSSR count). The van der Waals surface area contributed by atoms with Crippen LogP contribution in [-0.2, 0) is 13.2 Å². The molecule has 0 saturated heterocycles. The molecule has 0 N–H and O–H groups in total. The number of ketones is 1. The molecule has 5 nitrogen and oxygen atoms in total. The van der Waals surface area contributed by atoms with Crippen LogP contribution in [0.4, 0.5) is 0 Å². The molecule has 0 bridgehead atoms. The first kappa shape index (κ1) is 22.4. The molecular formula is C24H19Cl2N3O2S. The van der Waals surface area contributed by atoms with E-state index in [1.807, 2.05) is 47.0 Å². The van der Waals surface area contributed by atoms with E-state index in [1.165, 1.54) is 11.8 Å². The van der Waals surface area contributed by atoms with Gasteiger partial charge in [0.25, 0.3) is 0 Å². The molecule has 0 aliphatic rings. The number of carbonyl (C=O) groups is 1. The lowest BCUT2D eigenvalue weighted by atomic mass is 10.1. The summed E-state index contributed by atoms with van der Waals surface area (Å²) in [6, 6.07) is 18.8. The maximum atomic E-state index is 12.6. The van der Waals surface area contributed by atoms with E-state index in [4.69, 9.17) is 27.9 Å². The fourth-order valence-electron chi connectivity index (χ4n) is 3.23. The molecule has 0 radical (unpaired) electrons. The van der Waals surface area contributed by atoms with Crippen molar-refractivity contribution in [1.29, 1.82) is 0 Å². The Morgan fingerprint density at radius 1 is 1.09 bits per heavy atom. The van der Waals surface area contributed by atoms with E-state index < -0.39 is 0 Å². The normalized spacial score (nSPS) is 10.9. The summed E-state index contributed by atoms with van der Waals surface area (Å²) in [5, 5.41) is 12.1. The average Bonchev–Trinajstić information content (AvgIpc) is 3.17. The van der Waals surface area contributed by atoms with E-state index in [1.54, 1.807) is 24.3 Å². The number of carbonyl (C=O) groups excluding carboxylic acids is 1. The standard InChI is InChI=1S/C24H19Cl2N3O2S/c1-2-12-29-23(14-31-22-9-5-7-16-6-3-4-8-18(16)22)27-28-24(29)32-15-21(30)19-11-10-17(25)13-20(19)26/h2-11,13H,1,12,14-15H2. The van der Waals surface area contributed by atoms with Gasteiger partial charge in [0.2, 0.25) is 0 Å². The van der Waals surface area contributed by atoms with Crippen LogP contribution in [0.3, 0.4) is 0 Å². The number of hydrogen-bond donors (Lipinski definition) is 0. The third-order valence-electron chi connectivity index (χ3n) is 4.78. The third kappa shape index (κ3) is 4.99. The minimum atomic E-state index is -0.113. The van der Waals surface area contributed by atoms with E-state index in [-0.39, 0.29) is 18.1 Å². The Balaban J connectivity index is 1.48. The van der Waals surface area contributed by atoms with Gasteiger partial charge in [-0.2, -0.15) is 0 Å². The molecule has 32 heavy (non-hydrogen) atoms. The fourth-order valence-corrected chi connectivity index (χ4v) is 4.60. The molecule has 0 amide bonds. The number of rotatable bonds is 9. The Bertz CT molecular complexity index is 1280. The van der Waals surface area contributed by atoms with E-state index in [0.29, 0.717) is 33.1 Å². The number of thioether (sulfide) groups is 1. The number of aromatic nitrogens is 3. The van der Waals surface area contributed by atoms with Crippen LogP contribution in [0.25, 0.3) is 10.8 Å². The van der Waals surface area contributed by atoms with Crippen LogP contribution in [-0.4, -0.2) is 26.3 Å². The second-order valence-corrected chi connectivity index (χ2v) is 8.69. The zero-order valence-electron chi connectivity index (χ0n) is 17.0. The third-order valence-corrected chi connectivity index (χ3v) is 6.29. The maximum absolute atomic E-state index is 12.6. The molecule has 0 fully saturated rings. The Morgan fingerprint density at radius 2 is 1.91 bits per heavy atom. The first-order valence-electron chi connectivity index (χ1n) is 9.81. The minimum absolute atomic E-state index is 0.113. The highest BCUT2D eigenvalue weighted by molar-refractivity contribution is 7.99. The summed E-state index contributed by atoms with van der Waals surface area (Å²) >= 11 is 13.4. The van der Waals surface area contributed by atoms with E-state index in [9.17, 15) is 4.79 Å².